The quantitative estimate of drug-likeness (QED) is 0.749. The normalized spacial score (nSPS) is 24.4. The third-order valence-electron chi connectivity index (χ3n) is 3.52. The zero-order valence-corrected chi connectivity index (χ0v) is 12.8. The van der Waals surface area contributed by atoms with Crippen LogP contribution >= 0.6 is 0 Å². The topological polar surface area (TPSA) is 50.6 Å². The molecule has 1 rings (SSSR count). The maximum absolute atomic E-state index is 12.4. The van der Waals surface area contributed by atoms with E-state index in [4.69, 9.17) is 5.26 Å². The summed E-state index contributed by atoms with van der Waals surface area (Å²) in [5.41, 5.74) is 0.0565. The van der Waals surface area contributed by atoms with Crippen molar-refractivity contribution in [1.29, 1.82) is 5.26 Å². The summed E-state index contributed by atoms with van der Waals surface area (Å²) < 4.78 is 0. The lowest BCUT2D eigenvalue weighted by Gasteiger charge is -2.32. The summed E-state index contributed by atoms with van der Waals surface area (Å²) in [5, 5.41) is 8.98. The Labute approximate surface area is 116 Å². The number of likely N-dealkylation sites (N-methyl/N-ethyl adjacent to an activating group) is 2. The maximum Gasteiger partial charge on any atom is 0.240 e. The molecule has 0 radical (unpaired) electrons. The summed E-state index contributed by atoms with van der Waals surface area (Å²) in [5.74, 6) is 0.0749. The van der Waals surface area contributed by atoms with Gasteiger partial charge < -0.3 is 9.80 Å². The Hall–Kier alpha value is -1.12. The maximum atomic E-state index is 12.4. The number of hydrogen-bond acceptors (Lipinski definition) is 4. The van der Waals surface area contributed by atoms with Crippen molar-refractivity contribution in [3.63, 3.8) is 0 Å². The highest BCUT2D eigenvalue weighted by atomic mass is 16.2. The molecule has 0 aliphatic carbocycles. The lowest BCUT2D eigenvalue weighted by Crippen LogP contribution is -2.47. The zero-order chi connectivity index (χ0) is 14.6. The van der Waals surface area contributed by atoms with E-state index in [1.165, 1.54) is 0 Å². The number of carbonyl (C=O) groups excluding carboxylic acids is 1. The standard InChI is InChI=1S/C14H26N4O/c1-14(2)10-17(5)13(19)12(6-7-15)18(11-14)9-8-16(3)4/h12H,6,8-11H2,1-5H3. The molecular formula is C14H26N4O. The van der Waals surface area contributed by atoms with Crippen molar-refractivity contribution in [2.45, 2.75) is 26.3 Å². The molecule has 5 heteroatoms. The highest BCUT2D eigenvalue weighted by molar-refractivity contribution is 5.82. The molecule has 0 aromatic carbocycles. The Morgan fingerprint density at radius 2 is 2.05 bits per heavy atom. The van der Waals surface area contributed by atoms with E-state index in [2.05, 4.69) is 29.7 Å². The molecule has 1 fully saturated rings. The first-order valence-corrected chi connectivity index (χ1v) is 6.77. The summed E-state index contributed by atoms with van der Waals surface area (Å²) in [6.07, 6.45) is 0.271. The molecule has 19 heavy (non-hydrogen) atoms. The first kappa shape index (κ1) is 15.9. The lowest BCUT2D eigenvalue weighted by molar-refractivity contribution is -0.134. The summed E-state index contributed by atoms with van der Waals surface area (Å²) in [7, 11) is 5.89. The van der Waals surface area contributed by atoms with Crippen LogP contribution in [0.15, 0.2) is 0 Å². The number of nitriles is 1. The number of rotatable bonds is 4. The van der Waals surface area contributed by atoms with Crippen LogP contribution in [0.3, 0.4) is 0 Å². The Morgan fingerprint density at radius 1 is 1.42 bits per heavy atom. The van der Waals surface area contributed by atoms with Crippen LogP contribution in [0.4, 0.5) is 0 Å². The minimum Gasteiger partial charge on any atom is -0.344 e. The smallest absolute Gasteiger partial charge is 0.240 e. The second kappa shape index (κ2) is 6.36. The second-order valence-corrected chi connectivity index (χ2v) is 6.51. The summed E-state index contributed by atoms with van der Waals surface area (Å²) in [6, 6.07) is 1.86. The van der Waals surface area contributed by atoms with Crippen LogP contribution in [-0.4, -0.2) is 74.0 Å². The number of carbonyl (C=O) groups is 1. The molecule has 0 spiro atoms. The van der Waals surface area contributed by atoms with E-state index >= 15 is 0 Å². The molecule has 1 atom stereocenters. The molecule has 0 saturated carbocycles. The van der Waals surface area contributed by atoms with Gasteiger partial charge in [-0.05, 0) is 19.5 Å². The van der Waals surface area contributed by atoms with Crippen molar-refractivity contribution in [1.82, 2.24) is 14.7 Å². The fourth-order valence-electron chi connectivity index (χ4n) is 2.71. The fraction of sp³-hybridized carbons (Fsp3) is 0.857. The minimum absolute atomic E-state index is 0.0565. The predicted molar refractivity (Wildman–Crippen MR) is 75.6 cm³/mol. The van der Waals surface area contributed by atoms with Gasteiger partial charge in [0.15, 0.2) is 0 Å². The van der Waals surface area contributed by atoms with Gasteiger partial charge in [-0.25, -0.2) is 0 Å². The second-order valence-electron chi connectivity index (χ2n) is 6.51. The van der Waals surface area contributed by atoms with Crippen LogP contribution in [0.2, 0.25) is 0 Å². The third-order valence-corrected chi connectivity index (χ3v) is 3.52. The molecular weight excluding hydrogens is 240 g/mol. The SMILES string of the molecule is CN(C)CCN1CC(C)(C)CN(C)C(=O)C1CC#N. The average Bonchev–Trinajstić information content (AvgIpc) is 2.36. The van der Waals surface area contributed by atoms with Gasteiger partial charge >= 0.3 is 0 Å². The van der Waals surface area contributed by atoms with Gasteiger partial charge in [0.25, 0.3) is 0 Å². The molecule has 0 bridgehead atoms. The van der Waals surface area contributed by atoms with E-state index in [1.54, 1.807) is 4.90 Å². The summed E-state index contributed by atoms with van der Waals surface area (Å²) in [6.45, 7) is 7.66. The van der Waals surface area contributed by atoms with Crippen LogP contribution < -0.4 is 0 Å². The first-order chi connectivity index (χ1) is 8.76. The molecule has 0 aromatic rings. The van der Waals surface area contributed by atoms with Crippen molar-refractivity contribution in [3.05, 3.63) is 0 Å². The fourth-order valence-corrected chi connectivity index (χ4v) is 2.71. The molecule has 1 unspecified atom stereocenters. The van der Waals surface area contributed by atoms with E-state index in [-0.39, 0.29) is 23.8 Å². The van der Waals surface area contributed by atoms with Crippen molar-refractivity contribution >= 4 is 5.91 Å². The van der Waals surface area contributed by atoms with Crippen molar-refractivity contribution in [2.24, 2.45) is 5.41 Å². The van der Waals surface area contributed by atoms with Crippen molar-refractivity contribution in [2.75, 3.05) is 47.3 Å². The molecule has 5 nitrogen and oxygen atoms in total. The number of nitrogens with zero attached hydrogens (tertiary/aromatic N) is 4. The largest absolute Gasteiger partial charge is 0.344 e. The molecule has 1 amide bonds. The first-order valence-electron chi connectivity index (χ1n) is 6.77. The van der Waals surface area contributed by atoms with Gasteiger partial charge in [-0.15, -0.1) is 0 Å². The molecule has 1 aliphatic rings. The number of hydrogen-bond donors (Lipinski definition) is 0. The van der Waals surface area contributed by atoms with Crippen LogP contribution in [0.1, 0.15) is 20.3 Å². The zero-order valence-electron chi connectivity index (χ0n) is 12.8. The molecule has 108 valence electrons. The lowest BCUT2D eigenvalue weighted by atomic mass is 9.92. The summed E-state index contributed by atoms with van der Waals surface area (Å²) in [4.78, 5) is 18.5. The van der Waals surface area contributed by atoms with E-state index in [1.807, 2.05) is 21.1 Å². The Balaban J connectivity index is 2.91. The Morgan fingerprint density at radius 3 is 2.58 bits per heavy atom. The van der Waals surface area contributed by atoms with Gasteiger partial charge in [0.05, 0.1) is 12.5 Å². The molecule has 0 N–H and O–H groups in total. The van der Waals surface area contributed by atoms with Gasteiger partial charge in [-0.1, -0.05) is 13.8 Å². The van der Waals surface area contributed by atoms with E-state index in [0.29, 0.717) is 0 Å². The molecule has 1 heterocycles. The third kappa shape index (κ3) is 4.48. The Kier molecular flexibility index (Phi) is 5.33. The minimum atomic E-state index is -0.295. The van der Waals surface area contributed by atoms with Gasteiger partial charge in [0, 0.05) is 33.2 Å². The van der Waals surface area contributed by atoms with E-state index in [9.17, 15) is 4.79 Å². The van der Waals surface area contributed by atoms with Crippen molar-refractivity contribution < 1.29 is 4.79 Å². The van der Waals surface area contributed by atoms with Crippen LogP contribution in [0.5, 0.6) is 0 Å². The number of amides is 1. The monoisotopic (exact) mass is 266 g/mol. The van der Waals surface area contributed by atoms with E-state index in [0.717, 1.165) is 26.2 Å². The van der Waals surface area contributed by atoms with Gasteiger partial charge in [0.2, 0.25) is 5.91 Å². The Bertz CT molecular complexity index is 359. The highest BCUT2D eigenvalue weighted by Crippen LogP contribution is 2.25. The van der Waals surface area contributed by atoms with Crippen LogP contribution in [0.25, 0.3) is 0 Å². The summed E-state index contributed by atoms with van der Waals surface area (Å²) >= 11 is 0. The van der Waals surface area contributed by atoms with E-state index < -0.39 is 0 Å². The predicted octanol–water partition coefficient (Wildman–Crippen LogP) is 0.630. The average molecular weight is 266 g/mol. The molecule has 0 aromatic heterocycles. The highest BCUT2D eigenvalue weighted by Gasteiger charge is 2.37. The molecule has 1 saturated heterocycles. The van der Waals surface area contributed by atoms with Crippen LogP contribution in [-0.2, 0) is 4.79 Å². The van der Waals surface area contributed by atoms with Gasteiger partial charge in [-0.3, -0.25) is 9.69 Å². The van der Waals surface area contributed by atoms with Gasteiger partial charge in [0.1, 0.15) is 6.04 Å². The van der Waals surface area contributed by atoms with Crippen LogP contribution in [0, 0.1) is 16.7 Å². The van der Waals surface area contributed by atoms with Crippen molar-refractivity contribution in [3.8, 4) is 6.07 Å². The van der Waals surface area contributed by atoms with Gasteiger partial charge in [-0.2, -0.15) is 5.26 Å². The molecule has 1 aliphatic heterocycles.